The average molecular weight is 462 g/mol. The molecule has 0 bridgehead atoms. The van der Waals surface area contributed by atoms with Crippen LogP contribution in [-0.4, -0.2) is 35.7 Å². The van der Waals surface area contributed by atoms with E-state index in [9.17, 15) is 4.79 Å². The van der Waals surface area contributed by atoms with Gasteiger partial charge in [-0.05, 0) is 48.5 Å². The number of carbonyl (C=O) groups excluding carboxylic acids is 1. The summed E-state index contributed by atoms with van der Waals surface area (Å²) in [6, 6.07) is 23.1. The molecule has 0 aliphatic carbocycles. The summed E-state index contributed by atoms with van der Waals surface area (Å²) in [6.07, 6.45) is 0.417. The molecule has 2 heterocycles. The highest BCUT2D eigenvalue weighted by atomic mass is 35.5. The van der Waals surface area contributed by atoms with Crippen LogP contribution in [-0.2, 0) is 11.3 Å². The maximum absolute atomic E-state index is 12.9. The lowest BCUT2D eigenvalue weighted by atomic mass is 10.1. The van der Waals surface area contributed by atoms with Crippen molar-refractivity contribution in [3.8, 4) is 11.5 Å². The Morgan fingerprint density at radius 3 is 2.58 bits per heavy atom. The molecule has 0 radical (unpaired) electrons. The third-order valence-electron chi connectivity index (χ3n) is 5.97. The topological polar surface area (TPSA) is 56.6 Å². The van der Waals surface area contributed by atoms with Gasteiger partial charge in [-0.3, -0.25) is 4.79 Å². The van der Waals surface area contributed by atoms with Gasteiger partial charge in [-0.2, -0.15) is 0 Å². The number of carbonyl (C=O) groups is 1. The van der Waals surface area contributed by atoms with Gasteiger partial charge in [0.2, 0.25) is 5.91 Å². The third-order valence-corrected chi connectivity index (χ3v) is 6.28. The minimum atomic E-state index is -0.00712. The number of ether oxygens (including phenoxy) is 2. The largest absolute Gasteiger partial charge is 0.497 e. The molecule has 1 aliphatic rings. The van der Waals surface area contributed by atoms with Crippen LogP contribution in [0.25, 0.3) is 11.0 Å². The monoisotopic (exact) mass is 461 g/mol. The minimum Gasteiger partial charge on any atom is -0.497 e. The molecule has 5 rings (SSSR count). The Labute approximate surface area is 197 Å². The fraction of sp³-hybridized carbons (Fsp3) is 0.231. The van der Waals surface area contributed by atoms with E-state index in [1.54, 1.807) is 7.11 Å². The van der Waals surface area contributed by atoms with Gasteiger partial charge in [-0.1, -0.05) is 35.9 Å². The van der Waals surface area contributed by atoms with Crippen LogP contribution in [0.1, 0.15) is 18.2 Å². The Kier molecular flexibility index (Phi) is 5.92. The minimum absolute atomic E-state index is 0.00712. The number of hydrogen-bond acceptors (Lipinski definition) is 4. The van der Waals surface area contributed by atoms with Gasteiger partial charge in [-0.25, -0.2) is 4.98 Å². The molecule has 4 aromatic rings. The summed E-state index contributed by atoms with van der Waals surface area (Å²) in [5, 5.41) is 0.588. The van der Waals surface area contributed by atoms with Crippen LogP contribution < -0.4 is 14.4 Å². The lowest BCUT2D eigenvalue weighted by Gasteiger charge is -2.18. The second-order valence-corrected chi connectivity index (χ2v) is 8.40. The maximum Gasteiger partial charge on any atom is 0.227 e. The molecule has 33 heavy (non-hydrogen) atoms. The van der Waals surface area contributed by atoms with Crippen molar-refractivity contribution in [1.29, 1.82) is 0 Å². The number of anilines is 1. The Bertz CT molecular complexity index is 1290. The average Bonchev–Trinajstić information content (AvgIpc) is 3.41. The van der Waals surface area contributed by atoms with Crippen LogP contribution in [0.5, 0.6) is 11.5 Å². The van der Waals surface area contributed by atoms with Crippen molar-refractivity contribution < 1.29 is 14.3 Å². The van der Waals surface area contributed by atoms with Crippen LogP contribution in [0.2, 0.25) is 5.02 Å². The Morgan fingerprint density at radius 1 is 1.03 bits per heavy atom. The molecule has 1 unspecified atom stereocenters. The fourth-order valence-electron chi connectivity index (χ4n) is 4.34. The van der Waals surface area contributed by atoms with Gasteiger partial charge in [0.05, 0.1) is 29.7 Å². The number of amides is 1. The first-order valence-electron chi connectivity index (χ1n) is 10.9. The molecule has 168 valence electrons. The van der Waals surface area contributed by atoms with Crippen molar-refractivity contribution in [2.45, 2.75) is 18.9 Å². The first kappa shape index (κ1) is 21.3. The normalized spacial score (nSPS) is 15.9. The summed E-state index contributed by atoms with van der Waals surface area (Å²) in [7, 11) is 1.63. The molecule has 0 N–H and O–H groups in total. The van der Waals surface area contributed by atoms with Crippen LogP contribution >= 0.6 is 11.6 Å². The van der Waals surface area contributed by atoms with E-state index in [0.717, 1.165) is 28.3 Å². The molecule has 1 aliphatic heterocycles. The Hall–Kier alpha value is -3.51. The van der Waals surface area contributed by atoms with Crippen LogP contribution in [0, 0.1) is 0 Å². The summed E-state index contributed by atoms with van der Waals surface area (Å²) in [4.78, 5) is 19.6. The SMILES string of the molecule is COc1ccc(N2CC(c3nc4ccccc4n3CCOc3ccccc3Cl)CC2=O)cc1. The zero-order chi connectivity index (χ0) is 22.8. The first-order valence-corrected chi connectivity index (χ1v) is 11.3. The number of methoxy groups -OCH3 is 1. The predicted octanol–water partition coefficient (Wildman–Crippen LogP) is 5.30. The van der Waals surface area contributed by atoms with Crippen LogP contribution in [0.3, 0.4) is 0 Å². The summed E-state index contributed by atoms with van der Waals surface area (Å²) in [5.74, 6) is 2.42. The second-order valence-electron chi connectivity index (χ2n) is 7.99. The molecule has 0 spiro atoms. The predicted molar refractivity (Wildman–Crippen MR) is 129 cm³/mol. The van der Waals surface area contributed by atoms with Crippen molar-refractivity contribution in [3.05, 3.63) is 83.6 Å². The number of benzene rings is 3. The van der Waals surface area contributed by atoms with Crippen LogP contribution in [0.4, 0.5) is 5.69 Å². The summed E-state index contributed by atoms with van der Waals surface area (Å²) in [6.45, 7) is 1.63. The third kappa shape index (κ3) is 4.26. The number of halogens is 1. The number of imidazole rings is 1. The molecule has 1 atom stereocenters. The quantitative estimate of drug-likeness (QED) is 0.375. The van der Waals surface area contributed by atoms with Crippen molar-refractivity contribution >= 4 is 34.2 Å². The molecule has 7 heteroatoms. The molecule has 1 fully saturated rings. The molecule has 1 aromatic heterocycles. The van der Waals surface area contributed by atoms with Crippen molar-refractivity contribution in [2.75, 3.05) is 25.2 Å². The van der Waals surface area contributed by atoms with Gasteiger partial charge < -0.3 is 18.9 Å². The van der Waals surface area contributed by atoms with Crippen molar-refractivity contribution in [3.63, 3.8) is 0 Å². The number of nitrogens with zero attached hydrogens (tertiary/aromatic N) is 3. The van der Waals surface area contributed by atoms with Crippen LogP contribution in [0.15, 0.2) is 72.8 Å². The Morgan fingerprint density at radius 2 is 1.79 bits per heavy atom. The number of aromatic nitrogens is 2. The van der Waals surface area contributed by atoms with E-state index in [2.05, 4.69) is 10.6 Å². The van der Waals surface area contributed by atoms with E-state index in [1.165, 1.54) is 0 Å². The first-order chi connectivity index (χ1) is 16.1. The number of rotatable bonds is 7. The molecular formula is C26H24ClN3O3. The standard InChI is InChI=1S/C26H24ClN3O3/c1-32-20-12-10-19(11-13-20)30-17-18(16-25(30)31)26-28-22-7-3-4-8-23(22)29(26)14-15-33-24-9-5-2-6-21(24)27/h2-13,18H,14-17H2,1H3. The second kappa shape index (κ2) is 9.16. The summed E-state index contributed by atoms with van der Waals surface area (Å²) < 4.78 is 13.3. The molecule has 1 saturated heterocycles. The molecular weight excluding hydrogens is 438 g/mol. The van der Waals surface area contributed by atoms with E-state index >= 15 is 0 Å². The zero-order valence-corrected chi connectivity index (χ0v) is 19.0. The number of hydrogen-bond donors (Lipinski definition) is 0. The van der Waals surface area contributed by atoms with Gasteiger partial charge in [-0.15, -0.1) is 0 Å². The maximum atomic E-state index is 12.9. The van der Waals surface area contributed by atoms with Gasteiger partial charge >= 0.3 is 0 Å². The van der Waals surface area contributed by atoms with Gasteiger partial charge in [0, 0.05) is 24.6 Å². The van der Waals surface area contributed by atoms with Gasteiger partial charge in [0.1, 0.15) is 23.9 Å². The van der Waals surface area contributed by atoms with E-state index in [4.69, 9.17) is 26.1 Å². The fourth-order valence-corrected chi connectivity index (χ4v) is 4.53. The highest BCUT2D eigenvalue weighted by Crippen LogP contribution is 2.34. The highest BCUT2D eigenvalue weighted by Gasteiger charge is 2.34. The number of fused-ring (bicyclic) bond motifs is 1. The van der Waals surface area contributed by atoms with Gasteiger partial charge in [0.25, 0.3) is 0 Å². The van der Waals surface area contributed by atoms with E-state index in [1.807, 2.05) is 71.6 Å². The highest BCUT2D eigenvalue weighted by molar-refractivity contribution is 6.32. The lowest BCUT2D eigenvalue weighted by molar-refractivity contribution is -0.117. The van der Waals surface area contributed by atoms with E-state index in [-0.39, 0.29) is 11.8 Å². The number of para-hydroxylation sites is 3. The van der Waals surface area contributed by atoms with Crippen molar-refractivity contribution in [2.24, 2.45) is 0 Å². The molecule has 1 amide bonds. The molecule has 0 saturated carbocycles. The summed E-state index contributed by atoms with van der Waals surface area (Å²) in [5.41, 5.74) is 2.82. The lowest BCUT2D eigenvalue weighted by Crippen LogP contribution is -2.24. The smallest absolute Gasteiger partial charge is 0.227 e. The Balaban J connectivity index is 1.39. The van der Waals surface area contributed by atoms with Crippen molar-refractivity contribution in [1.82, 2.24) is 9.55 Å². The summed E-state index contributed by atoms with van der Waals surface area (Å²) >= 11 is 6.23. The molecule has 3 aromatic carbocycles. The molecule has 6 nitrogen and oxygen atoms in total. The zero-order valence-electron chi connectivity index (χ0n) is 18.3. The van der Waals surface area contributed by atoms with E-state index in [0.29, 0.717) is 36.9 Å². The van der Waals surface area contributed by atoms with E-state index < -0.39 is 0 Å². The van der Waals surface area contributed by atoms with Gasteiger partial charge in [0.15, 0.2) is 0 Å².